The van der Waals surface area contributed by atoms with E-state index in [2.05, 4.69) is 17.6 Å². The molecule has 2 N–H and O–H groups in total. The molecule has 5 nitrogen and oxygen atoms in total. The summed E-state index contributed by atoms with van der Waals surface area (Å²) in [6, 6.07) is 5.15. The Morgan fingerprint density at radius 2 is 2.00 bits per heavy atom. The fourth-order valence-corrected chi connectivity index (χ4v) is 2.00. The number of carbonyl (C=O) groups excluding carboxylic acids is 2. The van der Waals surface area contributed by atoms with Crippen LogP contribution in [0.1, 0.15) is 20.3 Å². The minimum absolute atomic E-state index is 0.00535. The molecule has 5 heteroatoms. The minimum atomic E-state index is -0.154. The van der Waals surface area contributed by atoms with Gasteiger partial charge >= 0.3 is 0 Å². The van der Waals surface area contributed by atoms with Crippen LogP contribution in [0.25, 0.3) is 0 Å². The van der Waals surface area contributed by atoms with Gasteiger partial charge in [0.15, 0.2) is 0 Å². The van der Waals surface area contributed by atoms with Gasteiger partial charge in [0.25, 0.3) is 0 Å². The third-order valence-electron chi connectivity index (χ3n) is 3.22. The summed E-state index contributed by atoms with van der Waals surface area (Å²) in [5.41, 5.74) is 1.21. The summed E-state index contributed by atoms with van der Waals surface area (Å²) in [7, 11) is 1.54. The van der Waals surface area contributed by atoms with Crippen LogP contribution >= 0.6 is 0 Å². The van der Waals surface area contributed by atoms with E-state index in [1.54, 1.807) is 25.3 Å². The maximum absolute atomic E-state index is 11.9. The van der Waals surface area contributed by atoms with Gasteiger partial charge in [0.1, 0.15) is 5.75 Å². The van der Waals surface area contributed by atoms with Crippen molar-refractivity contribution < 1.29 is 14.3 Å². The normalized spacial score (nSPS) is 20.6. The third kappa shape index (κ3) is 3.24. The maximum atomic E-state index is 11.9. The van der Waals surface area contributed by atoms with Crippen molar-refractivity contribution in [2.75, 3.05) is 17.7 Å². The Balaban J connectivity index is 2.16. The largest absolute Gasteiger partial charge is 0.495 e. The zero-order valence-corrected chi connectivity index (χ0v) is 11.3. The maximum Gasteiger partial charge on any atom is 0.227 e. The molecule has 1 aliphatic carbocycles. The first-order chi connectivity index (χ1) is 9.01. The number of rotatable bonds is 4. The highest BCUT2D eigenvalue weighted by Gasteiger charge is 2.39. The summed E-state index contributed by atoms with van der Waals surface area (Å²) < 4.78 is 5.21. The summed E-state index contributed by atoms with van der Waals surface area (Å²) >= 11 is 0. The molecule has 1 fully saturated rings. The molecule has 2 rings (SSSR count). The van der Waals surface area contributed by atoms with Gasteiger partial charge in [-0.1, -0.05) is 6.92 Å². The molecule has 102 valence electrons. The molecule has 1 saturated carbocycles. The number of nitrogens with one attached hydrogen (secondary N) is 2. The van der Waals surface area contributed by atoms with E-state index in [1.165, 1.54) is 6.92 Å². The predicted molar refractivity (Wildman–Crippen MR) is 73.2 cm³/mol. The van der Waals surface area contributed by atoms with Crippen molar-refractivity contribution in [1.29, 1.82) is 0 Å². The van der Waals surface area contributed by atoms with Crippen LogP contribution in [0.15, 0.2) is 18.2 Å². The van der Waals surface area contributed by atoms with Crippen LogP contribution in [0.3, 0.4) is 0 Å². The number of hydrogen-bond acceptors (Lipinski definition) is 3. The molecule has 1 aromatic rings. The van der Waals surface area contributed by atoms with Gasteiger partial charge < -0.3 is 15.4 Å². The Morgan fingerprint density at radius 3 is 2.53 bits per heavy atom. The Hall–Kier alpha value is -2.04. The highest BCUT2D eigenvalue weighted by molar-refractivity contribution is 5.97. The summed E-state index contributed by atoms with van der Waals surface area (Å²) in [5.74, 6) is 0.971. The number of hydrogen-bond donors (Lipinski definition) is 2. The first-order valence-electron chi connectivity index (χ1n) is 6.27. The molecule has 0 radical (unpaired) electrons. The fraction of sp³-hybridized carbons (Fsp3) is 0.429. The molecule has 19 heavy (non-hydrogen) atoms. The Bertz CT molecular complexity index is 513. The molecular formula is C14H18N2O3. The molecular weight excluding hydrogens is 244 g/mol. The lowest BCUT2D eigenvalue weighted by molar-refractivity contribution is -0.117. The van der Waals surface area contributed by atoms with E-state index in [0.717, 1.165) is 6.42 Å². The number of carbonyl (C=O) groups is 2. The SMILES string of the molecule is COc1ccc(NC(C)=O)cc1NC(=O)[C@@H]1C[C@H]1C. The van der Waals surface area contributed by atoms with Gasteiger partial charge in [0, 0.05) is 18.5 Å². The average Bonchev–Trinajstić information content (AvgIpc) is 3.06. The van der Waals surface area contributed by atoms with E-state index >= 15 is 0 Å². The van der Waals surface area contributed by atoms with E-state index in [1.807, 2.05) is 0 Å². The molecule has 0 heterocycles. The van der Waals surface area contributed by atoms with E-state index < -0.39 is 0 Å². The zero-order chi connectivity index (χ0) is 14.0. The lowest BCUT2D eigenvalue weighted by Gasteiger charge is -2.12. The predicted octanol–water partition coefficient (Wildman–Crippen LogP) is 2.25. The lowest BCUT2D eigenvalue weighted by atomic mass is 10.2. The van der Waals surface area contributed by atoms with Gasteiger partial charge in [0.2, 0.25) is 11.8 Å². The first kappa shape index (κ1) is 13.4. The standard InChI is InChI=1S/C14H18N2O3/c1-8-6-11(8)14(18)16-12-7-10(15-9(2)17)4-5-13(12)19-3/h4-5,7-8,11H,6H2,1-3H3,(H,15,17)(H,16,18)/t8-,11-/m1/s1. The second-order valence-electron chi connectivity index (χ2n) is 4.90. The van der Waals surface area contributed by atoms with E-state index in [0.29, 0.717) is 23.0 Å². The fourth-order valence-electron chi connectivity index (χ4n) is 2.00. The Morgan fingerprint density at radius 1 is 1.32 bits per heavy atom. The van der Waals surface area contributed by atoms with Gasteiger partial charge in [-0.2, -0.15) is 0 Å². The zero-order valence-electron chi connectivity index (χ0n) is 11.3. The topological polar surface area (TPSA) is 67.4 Å². The van der Waals surface area contributed by atoms with Crippen LogP contribution in [0.2, 0.25) is 0 Å². The smallest absolute Gasteiger partial charge is 0.227 e. The van der Waals surface area contributed by atoms with Crippen LogP contribution in [0.5, 0.6) is 5.75 Å². The lowest BCUT2D eigenvalue weighted by Crippen LogP contribution is -2.15. The summed E-state index contributed by atoms with van der Waals surface area (Å²) in [6.45, 7) is 3.49. The quantitative estimate of drug-likeness (QED) is 0.874. The number of methoxy groups -OCH3 is 1. The summed E-state index contributed by atoms with van der Waals surface area (Å²) in [5, 5.41) is 5.53. The van der Waals surface area contributed by atoms with Crippen molar-refractivity contribution in [2.24, 2.45) is 11.8 Å². The van der Waals surface area contributed by atoms with Crippen LogP contribution < -0.4 is 15.4 Å². The number of ether oxygens (including phenoxy) is 1. The number of benzene rings is 1. The molecule has 0 bridgehead atoms. The molecule has 0 aliphatic heterocycles. The van der Waals surface area contributed by atoms with E-state index in [9.17, 15) is 9.59 Å². The molecule has 1 aliphatic rings. The van der Waals surface area contributed by atoms with Crippen LogP contribution in [-0.4, -0.2) is 18.9 Å². The van der Waals surface area contributed by atoms with Crippen LogP contribution in [0, 0.1) is 11.8 Å². The van der Waals surface area contributed by atoms with Crippen molar-refractivity contribution in [3.05, 3.63) is 18.2 Å². The molecule has 0 aromatic heterocycles. The average molecular weight is 262 g/mol. The van der Waals surface area contributed by atoms with Crippen LogP contribution in [-0.2, 0) is 9.59 Å². The molecule has 0 spiro atoms. The second-order valence-corrected chi connectivity index (χ2v) is 4.90. The van der Waals surface area contributed by atoms with Gasteiger partial charge in [-0.05, 0) is 30.5 Å². The molecule has 2 amide bonds. The highest BCUT2D eigenvalue weighted by atomic mass is 16.5. The van der Waals surface area contributed by atoms with Gasteiger partial charge in [-0.25, -0.2) is 0 Å². The third-order valence-corrected chi connectivity index (χ3v) is 3.22. The van der Waals surface area contributed by atoms with Gasteiger partial charge in [0.05, 0.1) is 12.8 Å². The van der Waals surface area contributed by atoms with Crippen LogP contribution in [0.4, 0.5) is 11.4 Å². The summed E-state index contributed by atoms with van der Waals surface area (Å²) in [6.07, 6.45) is 0.930. The second kappa shape index (κ2) is 5.30. The Labute approximate surface area is 112 Å². The molecule has 0 unspecified atom stereocenters. The number of amides is 2. The molecule has 2 atom stereocenters. The van der Waals surface area contributed by atoms with Crippen molar-refractivity contribution in [1.82, 2.24) is 0 Å². The molecule has 1 aromatic carbocycles. The monoisotopic (exact) mass is 262 g/mol. The summed E-state index contributed by atoms with van der Waals surface area (Å²) in [4.78, 5) is 23.0. The van der Waals surface area contributed by atoms with E-state index in [-0.39, 0.29) is 17.7 Å². The van der Waals surface area contributed by atoms with Crippen molar-refractivity contribution in [3.63, 3.8) is 0 Å². The first-order valence-corrected chi connectivity index (χ1v) is 6.27. The van der Waals surface area contributed by atoms with Gasteiger partial charge in [-0.15, -0.1) is 0 Å². The number of anilines is 2. The Kier molecular flexibility index (Phi) is 3.74. The molecule has 0 saturated heterocycles. The minimum Gasteiger partial charge on any atom is -0.495 e. The van der Waals surface area contributed by atoms with Crippen molar-refractivity contribution >= 4 is 23.2 Å². The van der Waals surface area contributed by atoms with Crippen molar-refractivity contribution in [3.8, 4) is 5.75 Å². The van der Waals surface area contributed by atoms with E-state index in [4.69, 9.17) is 4.74 Å². The highest BCUT2D eigenvalue weighted by Crippen LogP contribution is 2.39. The van der Waals surface area contributed by atoms with Crippen molar-refractivity contribution in [2.45, 2.75) is 20.3 Å². The van der Waals surface area contributed by atoms with Gasteiger partial charge in [-0.3, -0.25) is 9.59 Å².